The van der Waals surface area contributed by atoms with Gasteiger partial charge in [-0.25, -0.2) is 18.4 Å². The van der Waals surface area contributed by atoms with Gasteiger partial charge >= 0.3 is 0 Å². The van der Waals surface area contributed by atoms with Gasteiger partial charge in [0.2, 0.25) is 10.0 Å². The summed E-state index contributed by atoms with van der Waals surface area (Å²) in [5, 5.41) is 2.13. The number of ether oxygens (including phenoxy) is 1. The SMILES string of the molecule is CCCn1c(CSc2cc(C)c3ccccc3n2)nc2cc(S(=O)(=O)N3CCOCC3)ccc21. The normalized spacial score (nSPS) is 15.4. The molecule has 7 nitrogen and oxygen atoms in total. The molecule has 2 aromatic heterocycles. The highest BCUT2D eigenvalue weighted by atomic mass is 32.2. The van der Waals surface area contributed by atoms with Gasteiger partial charge in [0.05, 0.1) is 45.4 Å². The van der Waals surface area contributed by atoms with Crippen LogP contribution in [0.2, 0.25) is 0 Å². The fourth-order valence-corrected chi connectivity index (χ4v) is 6.72. The number of benzene rings is 2. The minimum Gasteiger partial charge on any atom is -0.379 e. The topological polar surface area (TPSA) is 77.3 Å². The van der Waals surface area contributed by atoms with E-state index in [4.69, 9.17) is 14.7 Å². The quantitative estimate of drug-likeness (QED) is 0.348. The van der Waals surface area contributed by atoms with Gasteiger partial charge in [-0.05, 0) is 49.2 Å². The lowest BCUT2D eigenvalue weighted by molar-refractivity contribution is 0.0730. The van der Waals surface area contributed by atoms with Crippen LogP contribution in [0.25, 0.3) is 21.9 Å². The molecule has 0 aliphatic carbocycles. The van der Waals surface area contributed by atoms with E-state index in [9.17, 15) is 8.42 Å². The fourth-order valence-electron chi connectivity index (χ4n) is 4.37. The highest BCUT2D eigenvalue weighted by Crippen LogP contribution is 2.29. The molecule has 0 radical (unpaired) electrons. The van der Waals surface area contributed by atoms with E-state index < -0.39 is 10.0 Å². The van der Waals surface area contributed by atoms with Crippen molar-refractivity contribution in [3.63, 3.8) is 0 Å². The van der Waals surface area contributed by atoms with E-state index in [1.165, 1.54) is 15.3 Å². The molecule has 4 aromatic rings. The number of rotatable bonds is 7. The van der Waals surface area contributed by atoms with Crippen LogP contribution in [0.4, 0.5) is 0 Å². The van der Waals surface area contributed by atoms with Crippen LogP contribution in [0.5, 0.6) is 0 Å². The largest absolute Gasteiger partial charge is 0.379 e. The Morgan fingerprint density at radius 2 is 1.82 bits per heavy atom. The van der Waals surface area contributed by atoms with Crippen molar-refractivity contribution < 1.29 is 13.2 Å². The third-order valence-electron chi connectivity index (χ3n) is 6.10. The number of pyridine rings is 1. The van der Waals surface area contributed by atoms with Crippen molar-refractivity contribution in [2.75, 3.05) is 26.3 Å². The monoisotopic (exact) mass is 496 g/mol. The van der Waals surface area contributed by atoms with E-state index in [2.05, 4.69) is 30.5 Å². The number of aryl methyl sites for hydroxylation is 2. The maximum Gasteiger partial charge on any atom is 0.243 e. The number of hydrogen-bond acceptors (Lipinski definition) is 6. The number of para-hydroxylation sites is 1. The Kier molecular flexibility index (Phi) is 6.61. The summed E-state index contributed by atoms with van der Waals surface area (Å²) in [4.78, 5) is 9.95. The molecular formula is C25H28N4O3S2. The lowest BCUT2D eigenvalue weighted by Crippen LogP contribution is -2.40. The van der Waals surface area contributed by atoms with Crippen molar-refractivity contribution in [3.05, 3.63) is 59.9 Å². The number of aromatic nitrogens is 3. The number of sulfonamides is 1. The van der Waals surface area contributed by atoms with Crippen molar-refractivity contribution in [3.8, 4) is 0 Å². The summed E-state index contributed by atoms with van der Waals surface area (Å²) < 4.78 is 35.2. The first-order valence-corrected chi connectivity index (χ1v) is 14.0. The van der Waals surface area contributed by atoms with Crippen LogP contribution >= 0.6 is 11.8 Å². The molecule has 9 heteroatoms. The number of nitrogens with zero attached hydrogens (tertiary/aromatic N) is 4. The number of hydrogen-bond donors (Lipinski definition) is 0. The van der Waals surface area contributed by atoms with Crippen LogP contribution in [0, 0.1) is 6.92 Å². The highest BCUT2D eigenvalue weighted by Gasteiger charge is 2.27. The lowest BCUT2D eigenvalue weighted by atomic mass is 10.1. The Hall–Kier alpha value is -2.46. The minimum atomic E-state index is -3.56. The van der Waals surface area contributed by atoms with Gasteiger partial charge in [0.1, 0.15) is 5.82 Å². The smallest absolute Gasteiger partial charge is 0.243 e. The zero-order valence-corrected chi connectivity index (χ0v) is 21.0. The predicted octanol–water partition coefficient (Wildman–Crippen LogP) is 4.62. The van der Waals surface area contributed by atoms with Gasteiger partial charge < -0.3 is 9.30 Å². The molecule has 0 saturated carbocycles. The second kappa shape index (κ2) is 9.65. The number of thioether (sulfide) groups is 1. The van der Waals surface area contributed by atoms with Crippen LogP contribution in [0.1, 0.15) is 24.7 Å². The highest BCUT2D eigenvalue weighted by molar-refractivity contribution is 7.98. The summed E-state index contributed by atoms with van der Waals surface area (Å²) in [5.74, 6) is 1.58. The number of morpholine rings is 1. The summed E-state index contributed by atoms with van der Waals surface area (Å²) in [7, 11) is -3.56. The molecule has 0 N–H and O–H groups in total. The maximum atomic E-state index is 13.1. The van der Waals surface area contributed by atoms with E-state index in [1.807, 2.05) is 24.3 Å². The number of imidazole rings is 1. The minimum absolute atomic E-state index is 0.286. The first-order valence-electron chi connectivity index (χ1n) is 11.5. The van der Waals surface area contributed by atoms with E-state index in [1.54, 1.807) is 23.9 Å². The average Bonchev–Trinajstić information content (AvgIpc) is 3.20. The van der Waals surface area contributed by atoms with Gasteiger partial charge in [0, 0.05) is 25.0 Å². The summed E-state index contributed by atoms with van der Waals surface area (Å²) in [6, 6.07) is 15.6. The van der Waals surface area contributed by atoms with Crippen LogP contribution < -0.4 is 0 Å². The second-order valence-corrected chi connectivity index (χ2v) is 11.4. The zero-order valence-electron chi connectivity index (χ0n) is 19.4. The molecule has 2 aromatic carbocycles. The van der Waals surface area contributed by atoms with E-state index in [0.29, 0.717) is 37.6 Å². The molecule has 1 aliphatic rings. The molecule has 3 heterocycles. The van der Waals surface area contributed by atoms with Crippen LogP contribution in [-0.4, -0.2) is 53.6 Å². The van der Waals surface area contributed by atoms with Crippen molar-refractivity contribution in [2.24, 2.45) is 0 Å². The van der Waals surface area contributed by atoms with Crippen LogP contribution in [0.3, 0.4) is 0 Å². The Morgan fingerprint density at radius 1 is 1.03 bits per heavy atom. The van der Waals surface area contributed by atoms with Gasteiger partial charge in [-0.15, -0.1) is 0 Å². The molecule has 5 rings (SSSR count). The molecule has 178 valence electrons. The molecule has 0 atom stereocenters. The van der Waals surface area contributed by atoms with Crippen molar-refractivity contribution >= 4 is 43.7 Å². The molecule has 0 unspecified atom stereocenters. The first-order chi connectivity index (χ1) is 16.5. The Morgan fingerprint density at radius 3 is 2.62 bits per heavy atom. The molecule has 1 aliphatic heterocycles. The van der Waals surface area contributed by atoms with Crippen LogP contribution in [-0.2, 0) is 27.1 Å². The van der Waals surface area contributed by atoms with Gasteiger partial charge in [-0.2, -0.15) is 4.31 Å². The molecule has 1 saturated heterocycles. The first kappa shape index (κ1) is 23.3. The molecular weight excluding hydrogens is 468 g/mol. The maximum absolute atomic E-state index is 13.1. The lowest BCUT2D eigenvalue weighted by Gasteiger charge is -2.26. The zero-order chi connectivity index (χ0) is 23.7. The van der Waals surface area contributed by atoms with Crippen molar-refractivity contribution in [1.29, 1.82) is 0 Å². The van der Waals surface area contributed by atoms with Gasteiger partial charge in [-0.1, -0.05) is 36.9 Å². The summed E-state index contributed by atoms with van der Waals surface area (Å²) in [6.07, 6.45) is 0.963. The third-order valence-corrected chi connectivity index (χ3v) is 8.90. The Balaban J connectivity index is 1.45. The molecule has 34 heavy (non-hydrogen) atoms. The Bertz CT molecular complexity index is 1440. The Labute approximate surface area is 204 Å². The van der Waals surface area contributed by atoms with Crippen LogP contribution in [0.15, 0.2) is 58.5 Å². The molecule has 1 fully saturated rings. The van der Waals surface area contributed by atoms with Gasteiger partial charge in [-0.3, -0.25) is 0 Å². The van der Waals surface area contributed by atoms with E-state index in [-0.39, 0.29) is 4.90 Å². The summed E-state index contributed by atoms with van der Waals surface area (Å²) in [5.41, 5.74) is 3.86. The van der Waals surface area contributed by atoms with E-state index >= 15 is 0 Å². The van der Waals surface area contributed by atoms with Gasteiger partial charge in [0.25, 0.3) is 0 Å². The third kappa shape index (κ3) is 4.45. The number of fused-ring (bicyclic) bond motifs is 2. The summed E-state index contributed by atoms with van der Waals surface area (Å²) in [6.45, 7) is 6.68. The molecule has 0 spiro atoms. The molecule has 0 amide bonds. The van der Waals surface area contributed by atoms with Crippen molar-refractivity contribution in [2.45, 2.75) is 42.5 Å². The second-order valence-electron chi connectivity index (χ2n) is 8.43. The van der Waals surface area contributed by atoms with Gasteiger partial charge in [0.15, 0.2) is 0 Å². The molecule has 0 bridgehead atoms. The fraction of sp³-hybridized carbons (Fsp3) is 0.360. The average molecular weight is 497 g/mol. The summed E-state index contributed by atoms with van der Waals surface area (Å²) >= 11 is 1.66. The predicted molar refractivity (Wildman–Crippen MR) is 136 cm³/mol. The van der Waals surface area contributed by atoms with E-state index in [0.717, 1.165) is 34.8 Å². The van der Waals surface area contributed by atoms with Crippen molar-refractivity contribution in [1.82, 2.24) is 18.8 Å². The standard InChI is InChI=1S/C25H28N4O3S2/c1-3-10-29-23-9-8-19(34(30,31)28-11-13-32-14-12-28)16-22(23)26-24(29)17-33-25-15-18(2)20-6-4-5-7-21(20)27-25/h4-9,15-16H,3,10-14,17H2,1-2H3.